The van der Waals surface area contributed by atoms with Gasteiger partial charge in [-0.2, -0.15) is 0 Å². The molecule has 0 bridgehead atoms. The number of rotatable bonds is 5. The summed E-state index contributed by atoms with van der Waals surface area (Å²) < 4.78 is 23.5. The van der Waals surface area contributed by atoms with Crippen LogP contribution in [0.4, 0.5) is 5.69 Å². The van der Waals surface area contributed by atoms with Crippen molar-refractivity contribution >= 4 is 46.4 Å². The quantitative estimate of drug-likeness (QED) is 0.255. The molecule has 0 saturated heterocycles. The van der Waals surface area contributed by atoms with Crippen LogP contribution in [0.3, 0.4) is 0 Å². The van der Waals surface area contributed by atoms with Gasteiger partial charge in [-0.05, 0) is 35.9 Å². The summed E-state index contributed by atoms with van der Waals surface area (Å²) in [4.78, 5) is 0.0934. The Morgan fingerprint density at radius 2 is 1.65 bits per heavy atom. The Morgan fingerprint density at radius 3 is 2.29 bits per heavy atom. The molecule has 3 rings (SSSR count). The molecule has 0 heterocycles. The topological polar surface area (TPSA) is 122 Å². The smallest absolute Gasteiger partial charge is 0.238 e. The molecule has 0 aromatic heterocycles. The predicted molar refractivity (Wildman–Crippen MR) is 131 cm³/mol. The van der Waals surface area contributed by atoms with Crippen molar-refractivity contribution in [3.05, 3.63) is 83.9 Å². The summed E-state index contributed by atoms with van der Waals surface area (Å²) >= 11 is 0. The highest BCUT2D eigenvalue weighted by Crippen LogP contribution is 2.26. The van der Waals surface area contributed by atoms with Crippen LogP contribution in [0.1, 0.15) is 11.1 Å². The van der Waals surface area contributed by atoms with Crippen molar-refractivity contribution in [2.24, 2.45) is 10.9 Å². The van der Waals surface area contributed by atoms with E-state index in [1.165, 1.54) is 6.07 Å². The highest BCUT2D eigenvalue weighted by molar-refractivity contribution is 7.89. The van der Waals surface area contributed by atoms with E-state index < -0.39 is 10.0 Å². The number of benzene rings is 3. The lowest BCUT2D eigenvalue weighted by Gasteiger charge is -2.07. The Balaban J connectivity index is 0.00000240. The normalized spacial score (nSPS) is 9.97. The highest BCUT2D eigenvalue weighted by Gasteiger charge is 2.14. The molecule has 0 aliphatic carbocycles. The summed E-state index contributed by atoms with van der Waals surface area (Å²) in [6, 6.07) is 21.2. The van der Waals surface area contributed by atoms with Gasteiger partial charge < -0.3 is 11.1 Å². The molecule has 0 spiro atoms. The largest absolute Gasteiger partial charge is 0.384 e. The van der Waals surface area contributed by atoms with E-state index in [1.807, 2.05) is 36.4 Å². The summed E-state index contributed by atoms with van der Waals surface area (Å²) in [5.41, 5.74) is 9.09. The van der Waals surface area contributed by atoms with Crippen LogP contribution < -0.4 is 16.2 Å². The summed E-state index contributed by atoms with van der Waals surface area (Å²) in [6.45, 7) is 0.428. The fourth-order valence-electron chi connectivity index (χ4n) is 2.78. The Hall–Kier alpha value is -3.02. The molecule has 162 valence electrons. The minimum atomic E-state index is -3.80. The minimum absolute atomic E-state index is 0. The molecule has 0 fully saturated rings. The number of nitrogen functional groups attached to an aromatic ring is 1. The number of hydrogen-bond acceptors (Lipinski definition) is 4. The Morgan fingerprint density at radius 1 is 0.968 bits per heavy atom. The van der Waals surface area contributed by atoms with Crippen LogP contribution in [0.25, 0.3) is 11.1 Å². The second-order valence-corrected chi connectivity index (χ2v) is 7.80. The van der Waals surface area contributed by atoms with Gasteiger partial charge in [0.05, 0.1) is 11.4 Å². The van der Waals surface area contributed by atoms with Crippen LogP contribution in [-0.2, 0) is 10.0 Å². The van der Waals surface area contributed by atoms with E-state index >= 15 is 0 Å². The van der Waals surface area contributed by atoms with Gasteiger partial charge in [-0.25, -0.2) is 13.6 Å². The lowest BCUT2D eigenvalue weighted by Crippen LogP contribution is -2.13. The zero-order valence-corrected chi connectivity index (χ0v) is 18.8. The summed E-state index contributed by atoms with van der Waals surface area (Å²) in [5, 5.41) is 15.9. The SMILES string of the molecule is Cl.Cl.N=C(N)c1cccc(NCC#Cc2ccc(-c3ccccc3S(N)(=O)=O)cc2)c1. The van der Waals surface area contributed by atoms with E-state index in [-0.39, 0.29) is 35.5 Å². The van der Waals surface area contributed by atoms with E-state index in [0.29, 0.717) is 17.7 Å². The first-order valence-corrected chi connectivity index (χ1v) is 10.3. The third-order valence-electron chi connectivity index (χ3n) is 4.18. The molecule has 9 heteroatoms. The summed E-state index contributed by atoms with van der Waals surface area (Å²) in [5.74, 6) is 6.10. The third kappa shape index (κ3) is 7.02. The standard InChI is InChI=1S/C22H20N4O2S.2ClH/c23-22(24)18-6-3-7-19(15-18)26-14-4-5-16-10-12-17(13-11-16)20-8-1-2-9-21(20)29(25,27)28;;/h1-3,6-13,15,26H,14H2,(H3,23,24)(H2,25,27,28);2*1H. The van der Waals surface area contributed by atoms with Crippen LogP contribution in [-0.4, -0.2) is 20.8 Å². The molecule has 6 nitrogen and oxygen atoms in total. The molecule has 0 aliphatic heterocycles. The molecule has 0 unspecified atom stereocenters. The van der Waals surface area contributed by atoms with Gasteiger partial charge in [0.2, 0.25) is 10.0 Å². The van der Waals surface area contributed by atoms with Crippen molar-refractivity contribution in [3.8, 4) is 23.0 Å². The fraction of sp³-hybridized carbons (Fsp3) is 0.0455. The van der Waals surface area contributed by atoms with Gasteiger partial charge in [0.15, 0.2) is 0 Å². The van der Waals surface area contributed by atoms with Crippen molar-refractivity contribution in [1.82, 2.24) is 0 Å². The maximum Gasteiger partial charge on any atom is 0.238 e. The van der Waals surface area contributed by atoms with Crippen molar-refractivity contribution in [2.75, 3.05) is 11.9 Å². The van der Waals surface area contributed by atoms with E-state index in [9.17, 15) is 8.42 Å². The van der Waals surface area contributed by atoms with E-state index in [4.69, 9.17) is 16.3 Å². The van der Waals surface area contributed by atoms with E-state index in [0.717, 1.165) is 16.8 Å². The van der Waals surface area contributed by atoms with Gasteiger partial charge in [0, 0.05) is 22.4 Å². The Kier molecular flexibility index (Phi) is 9.56. The first-order valence-electron chi connectivity index (χ1n) is 8.74. The van der Waals surface area contributed by atoms with Gasteiger partial charge in [-0.3, -0.25) is 5.41 Å². The van der Waals surface area contributed by atoms with Crippen molar-refractivity contribution in [3.63, 3.8) is 0 Å². The molecular formula is C22H22Cl2N4O2S. The molecule has 0 radical (unpaired) electrons. The molecule has 3 aromatic carbocycles. The number of anilines is 1. The first-order chi connectivity index (χ1) is 13.8. The highest BCUT2D eigenvalue weighted by atomic mass is 35.5. The second kappa shape index (κ2) is 11.4. The molecule has 3 aromatic rings. The number of sulfonamides is 1. The van der Waals surface area contributed by atoms with Gasteiger partial charge in [-0.15, -0.1) is 24.8 Å². The Labute approximate surface area is 194 Å². The van der Waals surface area contributed by atoms with Crippen molar-refractivity contribution in [2.45, 2.75) is 4.90 Å². The predicted octanol–water partition coefficient (Wildman–Crippen LogP) is 3.59. The van der Waals surface area contributed by atoms with Gasteiger partial charge in [0.1, 0.15) is 5.84 Å². The van der Waals surface area contributed by atoms with Crippen molar-refractivity contribution < 1.29 is 8.42 Å². The van der Waals surface area contributed by atoms with Crippen LogP contribution in [0.15, 0.2) is 77.7 Å². The lowest BCUT2D eigenvalue weighted by atomic mass is 10.0. The Bertz CT molecular complexity index is 1220. The molecular weight excluding hydrogens is 455 g/mol. The number of nitrogens with one attached hydrogen (secondary N) is 2. The molecule has 0 saturated carbocycles. The van der Waals surface area contributed by atoms with Gasteiger partial charge >= 0.3 is 0 Å². The summed E-state index contributed by atoms with van der Waals surface area (Å²) in [6.07, 6.45) is 0. The third-order valence-corrected chi connectivity index (χ3v) is 5.15. The lowest BCUT2D eigenvalue weighted by molar-refractivity contribution is 0.598. The number of primary sulfonamides is 1. The average molecular weight is 477 g/mol. The van der Waals surface area contributed by atoms with Crippen LogP contribution in [0, 0.1) is 17.3 Å². The molecule has 6 N–H and O–H groups in total. The second-order valence-electron chi connectivity index (χ2n) is 6.27. The van der Waals surface area contributed by atoms with E-state index in [2.05, 4.69) is 17.2 Å². The van der Waals surface area contributed by atoms with Crippen LogP contribution in [0.5, 0.6) is 0 Å². The van der Waals surface area contributed by atoms with Gasteiger partial charge in [-0.1, -0.05) is 54.3 Å². The molecule has 0 aliphatic rings. The van der Waals surface area contributed by atoms with Crippen LogP contribution >= 0.6 is 24.8 Å². The zero-order valence-electron chi connectivity index (χ0n) is 16.3. The van der Waals surface area contributed by atoms with Crippen LogP contribution in [0.2, 0.25) is 0 Å². The number of halogens is 2. The van der Waals surface area contributed by atoms with Gasteiger partial charge in [0.25, 0.3) is 0 Å². The number of amidine groups is 1. The van der Waals surface area contributed by atoms with E-state index in [1.54, 1.807) is 30.3 Å². The monoisotopic (exact) mass is 476 g/mol. The first kappa shape index (κ1) is 26.0. The maximum atomic E-state index is 11.8. The maximum absolute atomic E-state index is 11.8. The molecule has 0 atom stereocenters. The number of hydrogen-bond donors (Lipinski definition) is 4. The number of nitrogens with two attached hydrogens (primary N) is 2. The molecule has 0 amide bonds. The minimum Gasteiger partial charge on any atom is -0.384 e. The average Bonchev–Trinajstić information content (AvgIpc) is 2.71. The summed E-state index contributed by atoms with van der Waals surface area (Å²) in [7, 11) is -3.80. The van der Waals surface area contributed by atoms with Crippen molar-refractivity contribution in [1.29, 1.82) is 5.41 Å². The zero-order chi connectivity index (χ0) is 20.9. The molecule has 31 heavy (non-hydrogen) atoms. The fourth-order valence-corrected chi connectivity index (χ4v) is 3.54.